The average Bonchev–Trinajstić information content (AvgIpc) is 4.27. The van der Waals surface area contributed by atoms with Gasteiger partial charge in [0.15, 0.2) is 17.4 Å². The summed E-state index contributed by atoms with van der Waals surface area (Å²) in [5, 5.41) is 48.9. The highest BCUT2D eigenvalue weighted by atomic mass is 19.1. The van der Waals surface area contributed by atoms with E-state index in [2.05, 4.69) is 25.2 Å². The number of ether oxygens (including phenoxy) is 1. The molecule has 1 saturated heterocycles. The molecule has 1 fully saturated rings. The first-order valence-electron chi connectivity index (χ1n) is 25.1. The van der Waals surface area contributed by atoms with E-state index in [1.807, 2.05) is 74.3 Å². The normalized spacial score (nSPS) is 13.1. The molecule has 1 aliphatic rings. The number of hydrogen-bond donors (Lipinski definition) is 4. The first-order chi connectivity index (χ1) is 37.1. The second kappa shape index (κ2) is 20.0. The predicted octanol–water partition coefficient (Wildman–Crippen LogP) is 11.0. The number of halogens is 2. The summed E-state index contributed by atoms with van der Waals surface area (Å²) in [5.41, 5.74) is 4.75. The molecule has 77 heavy (non-hydrogen) atoms. The van der Waals surface area contributed by atoms with Gasteiger partial charge in [0.05, 0.1) is 17.4 Å². The summed E-state index contributed by atoms with van der Waals surface area (Å²) in [6, 6.07) is 27.9. The number of rotatable bonds is 12. The molecule has 10 aromatic rings. The summed E-state index contributed by atoms with van der Waals surface area (Å²) in [5.74, 6) is -1.47. The lowest BCUT2D eigenvalue weighted by atomic mass is 9.93. The van der Waals surface area contributed by atoms with Gasteiger partial charge in [-0.3, -0.25) is 14.2 Å². The van der Waals surface area contributed by atoms with Gasteiger partial charge in [0.2, 0.25) is 0 Å². The Kier molecular flexibility index (Phi) is 12.9. The Labute approximate surface area is 439 Å². The molecule has 11 rings (SSSR count). The Morgan fingerprint density at radius 2 is 1.53 bits per heavy atom. The zero-order valence-corrected chi connectivity index (χ0v) is 42.4. The van der Waals surface area contributed by atoms with Crippen LogP contribution in [-0.2, 0) is 13.6 Å². The highest BCUT2D eigenvalue weighted by molar-refractivity contribution is 6.04. The number of carbonyl (C=O) groups excluding carboxylic acids is 2. The molecule has 390 valence electrons. The van der Waals surface area contributed by atoms with E-state index in [9.17, 15) is 34.1 Å². The fourth-order valence-electron chi connectivity index (χ4n) is 10.2. The first kappa shape index (κ1) is 49.7. The molecule has 0 unspecified atom stereocenters. The molecule has 0 aliphatic carbocycles. The number of aromatic hydroxyl groups is 3. The van der Waals surface area contributed by atoms with E-state index in [1.165, 1.54) is 62.3 Å². The Hall–Kier alpha value is -9.52. The quantitative estimate of drug-likeness (QED) is 0.0913. The highest BCUT2D eigenvalue weighted by Gasteiger charge is 2.27. The lowest BCUT2D eigenvalue weighted by Gasteiger charge is -2.31. The van der Waals surface area contributed by atoms with Gasteiger partial charge in [-0.15, -0.1) is 5.10 Å². The minimum absolute atomic E-state index is 0.0268. The number of likely N-dealkylation sites (tertiary alicyclic amines) is 1. The van der Waals surface area contributed by atoms with Gasteiger partial charge in [0, 0.05) is 107 Å². The maximum Gasteiger partial charge on any atom is 0.344 e. The molecule has 0 bridgehead atoms. The molecule has 5 aromatic heterocycles. The third kappa shape index (κ3) is 9.51. The number of aromatic nitrogens is 8. The van der Waals surface area contributed by atoms with E-state index in [0.717, 1.165) is 53.7 Å². The van der Waals surface area contributed by atoms with E-state index < -0.39 is 23.1 Å². The van der Waals surface area contributed by atoms with Gasteiger partial charge in [-0.1, -0.05) is 18.9 Å². The van der Waals surface area contributed by atoms with Crippen LogP contribution in [0.5, 0.6) is 29.0 Å². The molecule has 19 heteroatoms. The van der Waals surface area contributed by atoms with Crippen LogP contribution in [0.25, 0.3) is 55.7 Å². The number of hydrogen-bond acceptors (Lipinski definition) is 10. The fourth-order valence-corrected chi connectivity index (χ4v) is 10.2. The molecule has 5 aromatic carbocycles. The van der Waals surface area contributed by atoms with Gasteiger partial charge >= 0.3 is 12.0 Å². The largest absolute Gasteiger partial charge is 0.508 e. The van der Waals surface area contributed by atoms with Crippen LogP contribution in [0.15, 0.2) is 139 Å². The van der Waals surface area contributed by atoms with Crippen molar-refractivity contribution in [3.63, 3.8) is 0 Å². The van der Waals surface area contributed by atoms with Crippen LogP contribution in [-0.4, -0.2) is 83.5 Å². The van der Waals surface area contributed by atoms with E-state index >= 15 is 4.39 Å². The van der Waals surface area contributed by atoms with Crippen molar-refractivity contribution in [1.82, 2.24) is 43.1 Å². The maximum atomic E-state index is 15.9. The first-order valence-corrected chi connectivity index (χ1v) is 25.1. The Morgan fingerprint density at radius 3 is 2.30 bits per heavy atom. The van der Waals surface area contributed by atoms with Crippen molar-refractivity contribution in [3.8, 4) is 62.9 Å². The number of nitrogens with zero attached hydrogens (tertiary/aromatic N) is 9. The molecule has 2 amide bonds. The van der Waals surface area contributed by atoms with Gasteiger partial charge in [0.25, 0.3) is 11.5 Å². The molecule has 0 radical (unpaired) electrons. The summed E-state index contributed by atoms with van der Waals surface area (Å²) >= 11 is 0. The number of piperidine rings is 1. The van der Waals surface area contributed by atoms with Gasteiger partial charge in [-0.25, -0.2) is 18.1 Å². The van der Waals surface area contributed by atoms with E-state index in [1.54, 1.807) is 42.4 Å². The monoisotopic (exact) mass is 1040 g/mol. The molecule has 4 N–H and O–H groups in total. The van der Waals surface area contributed by atoms with Crippen molar-refractivity contribution >= 4 is 39.4 Å². The average molecular weight is 1040 g/mol. The van der Waals surface area contributed by atoms with Crippen molar-refractivity contribution < 1.29 is 38.4 Å². The van der Waals surface area contributed by atoms with Gasteiger partial charge in [-0.2, -0.15) is 9.78 Å². The van der Waals surface area contributed by atoms with Crippen LogP contribution in [0, 0.1) is 24.5 Å². The molecule has 6 heterocycles. The number of anilines is 1. The maximum absolute atomic E-state index is 15.9. The van der Waals surface area contributed by atoms with Crippen molar-refractivity contribution in [1.29, 1.82) is 0 Å². The fraction of sp³-hybridized carbons (Fsp3) is 0.207. The van der Waals surface area contributed by atoms with Gasteiger partial charge < -0.3 is 39.4 Å². The Balaban J connectivity index is 0.740. The number of amides is 2. The number of carbonyl (C=O) groups is 2. The summed E-state index contributed by atoms with van der Waals surface area (Å²) in [6.45, 7) is 7.40. The number of phenolic OH excluding ortho intramolecular Hbond substituents is 2. The Bertz CT molecular complexity index is 3990. The van der Waals surface area contributed by atoms with Crippen molar-refractivity contribution in [3.05, 3.63) is 173 Å². The van der Waals surface area contributed by atoms with Crippen LogP contribution in [0.2, 0.25) is 0 Å². The van der Waals surface area contributed by atoms with Crippen LogP contribution in [0.4, 0.5) is 19.3 Å². The summed E-state index contributed by atoms with van der Waals surface area (Å²) in [7, 11) is 1.90. The number of aryl methyl sites for hydroxylation is 3. The SMILES string of the molecule is Cc1ccc(C(=O)Nc2ccc(Oc3cc4ccn(C)c4cc3-c3cnn(C(=O)N4CCC(CCn5ccc6cc(-n7c(O)nnc7-c7cc(C(C)C)c(O)cc7O)ccc65)CC4)c3)c(F)c2)c(=O)n1-c1ccc(F)cc1. The van der Waals surface area contributed by atoms with Crippen molar-refractivity contribution in [2.24, 2.45) is 13.0 Å². The highest BCUT2D eigenvalue weighted by Crippen LogP contribution is 2.41. The van der Waals surface area contributed by atoms with Crippen LogP contribution in [0.1, 0.15) is 60.6 Å². The number of benzene rings is 5. The van der Waals surface area contributed by atoms with Gasteiger partial charge in [0.1, 0.15) is 28.6 Å². The Morgan fingerprint density at radius 1 is 0.779 bits per heavy atom. The third-order valence-electron chi connectivity index (χ3n) is 14.4. The van der Waals surface area contributed by atoms with Crippen molar-refractivity contribution in [2.75, 3.05) is 18.4 Å². The second-order valence-corrected chi connectivity index (χ2v) is 19.7. The van der Waals surface area contributed by atoms with E-state index in [0.29, 0.717) is 64.1 Å². The van der Waals surface area contributed by atoms with Crippen molar-refractivity contribution in [2.45, 2.75) is 52.5 Å². The lowest BCUT2D eigenvalue weighted by Crippen LogP contribution is -2.41. The standard InChI is InChI=1S/C58H52F2N10O7/c1-33(2)44-28-46(51(72)30-50(44)71)54-63-64-57(75)70(54)42-11-13-48-36(25-42)19-24-66(48)21-15-35-16-22-67(23-17-35)58(76)68-32-38(31-61-68)45-29-49-37(18-20-65(49)4)26-53(45)77-52-14-8-40(27-47(52)60)62-55(73)43-12-5-34(3)69(56(43)74)41-9-6-39(59)7-10-41/h5-14,18-20,24-33,35,71-72H,15-17,21-23H2,1-4H3,(H,62,73)(H,64,75). The lowest BCUT2D eigenvalue weighted by molar-refractivity contribution is 0.102. The van der Waals surface area contributed by atoms with E-state index in [4.69, 9.17) is 4.74 Å². The minimum atomic E-state index is -0.782. The molecule has 0 saturated carbocycles. The smallest absolute Gasteiger partial charge is 0.344 e. The van der Waals surface area contributed by atoms with Crippen LogP contribution in [0.3, 0.4) is 0 Å². The molecule has 17 nitrogen and oxygen atoms in total. The molecular weight excluding hydrogens is 987 g/mol. The molecule has 1 aliphatic heterocycles. The topological polar surface area (TPSA) is 200 Å². The molecule has 0 atom stereocenters. The molecular formula is C58H52F2N10O7. The van der Waals surface area contributed by atoms with E-state index in [-0.39, 0.29) is 52.3 Å². The second-order valence-electron chi connectivity index (χ2n) is 19.7. The summed E-state index contributed by atoms with van der Waals surface area (Å²) in [6.07, 6.45) is 9.65. The minimum Gasteiger partial charge on any atom is -0.508 e. The summed E-state index contributed by atoms with van der Waals surface area (Å²) < 4.78 is 44.0. The summed E-state index contributed by atoms with van der Waals surface area (Å²) in [4.78, 5) is 42.6. The number of pyridine rings is 1. The molecule has 0 spiro atoms. The van der Waals surface area contributed by atoms with Crippen LogP contribution >= 0.6 is 0 Å². The van der Waals surface area contributed by atoms with Crippen LogP contribution < -0.4 is 15.6 Å². The van der Waals surface area contributed by atoms with Gasteiger partial charge in [-0.05, 0) is 141 Å². The predicted molar refractivity (Wildman–Crippen MR) is 286 cm³/mol. The zero-order chi connectivity index (χ0) is 53.8. The number of phenols is 2. The number of nitrogens with one attached hydrogen (secondary N) is 1. The number of fused-ring (bicyclic) bond motifs is 2. The zero-order valence-electron chi connectivity index (χ0n) is 42.4. The third-order valence-corrected chi connectivity index (χ3v) is 14.4.